The van der Waals surface area contributed by atoms with Gasteiger partial charge in [-0.15, -0.1) is 0 Å². The highest BCUT2D eigenvalue weighted by Gasteiger charge is 2.35. The quantitative estimate of drug-likeness (QED) is 0.667. The summed E-state index contributed by atoms with van der Waals surface area (Å²) >= 11 is 12.0. The lowest BCUT2D eigenvalue weighted by atomic mass is 10.1. The number of hydrogen-bond acceptors (Lipinski definition) is 5. The minimum absolute atomic E-state index is 0.0785. The molecule has 0 aliphatic carbocycles. The van der Waals surface area contributed by atoms with Gasteiger partial charge in [-0.25, -0.2) is 0 Å². The molecule has 0 radical (unpaired) electrons. The summed E-state index contributed by atoms with van der Waals surface area (Å²) in [6.07, 6.45) is -0.178. The number of carbonyl (C=O) groups is 3. The van der Waals surface area contributed by atoms with Gasteiger partial charge in [0.15, 0.2) is 0 Å². The van der Waals surface area contributed by atoms with E-state index in [0.717, 1.165) is 0 Å². The Balaban J connectivity index is 1.99. The van der Waals surface area contributed by atoms with Crippen molar-refractivity contribution in [3.63, 3.8) is 0 Å². The SMILES string of the molecule is CC(C)COC(=O)CC1C(=O)NCCN1C(=O)CNc1cc(Cl)ccc1Cl. The van der Waals surface area contributed by atoms with Crippen molar-refractivity contribution in [1.29, 1.82) is 0 Å². The summed E-state index contributed by atoms with van der Waals surface area (Å²) in [4.78, 5) is 38.2. The number of esters is 1. The van der Waals surface area contributed by atoms with Crippen molar-refractivity contribution in [3.05, 3.63) is 28.2 Å². The van der Waals surface area contributed by atoms with E-state index in [2.05, 4.69) is 10.6 Å². The Morgan fingerprint density at radius 2 is 2.11 bits per heavy atom. The summed E-state index contributed by atoms with van der Waals surface area (Å²) in [6, 6.07) is 3.99. The summed E-state index contributed by atoms with van der Waals surface area (Å²) in [5.41, 5.74) is 0.520. The third-order valence-corrected chi connectivity index (χ3v) is 4.51. The second-order valence-electron chi connectivity index (χ2n) is 6.65. The number of nitrogens with one attached hydrogen (secondary N) is 2. The Labute approximate surface area is 168 Å². The van der Waals surface area contributed by atoms with Gasteiger partial charge in [0.05, 0.1) is 30.3 Å². The van der Waals surface area contributed by atoms with E-state index in [1.54, 1.807) is 18.2 Å². The van der Waals surface area contributed by atoms with E-state index in [9.17, 15) is 14.4 Å². The fourth-order valence-corrected chi connectivity index (χ4v) is 2.95. The molecule has 1 aromatic rings. The molecule has 1 heterocycles. The maximum atomic E-state index is 12.6. The minimum atomic E-state index is -0.887. The molecule has 0 aromatic heterocycles. The molecule has 1 unspecified atom stereocenters. The van der Waals surface area contributed by atoms with E-state index in [-0.39, 0.29) is 37.3 Å². The van der Waals surface area contributed by atoms with E-state index >= 15 is 0 Å². The first-order chi connectivity index (χ1) is 12.8. The average Bonchev–Trinajstić information content (AvgIpc) is 2.62. The van der Waals surface area contributed by atoms with Gasteiger partial charge in [0.1, 0.15) is 6.04 Å². The number of carbonyl (C=O) groups excluding carboxylic acids is 3. The highest BCUT2D eigenvalue weighted by molar-refractivity contribution is 6.35. The molecule has 2 N–H and O–H groups in total. The van der Waals surface area contributed by atoms with Crippen molar-refractivity contribution in [2.45, 2.75) is 26.3 Å². The summed E-state index contributed by atoms with van der Waals surface area (Å²) in [7, 11) is 0. The van der Waals surface area contributed by atoms with Crippen LogP contribution in [0.5, 0.6) is 0 Å². The van der Waals surface area contributed by atoms with Crippen LogP contribution in [-0.4, -0.2) is 55.0 Å². The third kappa shape index (κ3) is 6.29. The van der Waals surface area contributed by atoms with E-state index in [1.807, 2.05) is 13.8 Å². The molecular formula is C18H23Cl2N3O4. The largest absolute Gasteiger partial charge is 0.465 e. The lowest BCUT2D eigenvalue weighted by Crippen LogP contribution is -2.58. The molecule has 7 nitrogen and oxygen atoms in total. The molecule has 1 saturated heterocycles. The first-order valence-electron chi connectivity index (χ1n) is 8.69. The predicted octanol–water partition coefficient (Wildman–Crippen LogP) is 2.32. The van der Waals surface area contributed by atoms with Crippen molar-refractivity contribution < 1.29 is 19.1 Å². The maximum Gasteiger partial charge on any atom is 0.308 e. The van der Waals surface area contributed by atoms with Gasteiger partial charge in [-0.2, -0.15) is 0 Å². The van der Waals surface area contributed by atoms with Gasteiger partial charge >= 0.3 is 5.97 Å². The van der Waals surface area contributed by atoms with Crippen molar-refractivity contribution in [3.8, 4) is 0 Å². The third-order valence-electron chi connectivity index (χ3n) is 3.95. The molecule has 2 amide bonds. The van der Waals surface area contributed by atoms with Gasteiger partial charge in [0.2, 0.25) is 11.8 Å². The average molecular weight is 416 g/mol. The molecule has 0 bridgehead atoms. The molecule has 9 heteroatoms. The number of ether oxygens (including phenoxy) is 1. The second-order valence-corrected chi connectivity index (χ2v) is 7.50. The number of hydrogen-bond donors (Lipinski definition) is 2. The first kappa shape index (κ1) is 21.3. The number of amides is 2. The molecule has 1 atom stereocenters. The zero-order chi connectivity index (χ0) is 20.0. The molecule has 1 aliphatic rings. The molecule has 0 spiro atoms. The van der Waals surface area contributed by atoms with Crippen LogP contribution in [0.15, 0.2) is 18.2 Å². The highest BCUT2D eigenvalue weighted by Crippen LogP contribution is 2.25. The van der Waals surface area contributed by atoms with Gasteiger partial charge in [-0.05, 0) is 24.1 Å². The van der Waals surface area contributed by atoms with Crippen LogP contribution in [-0.2, 0) is 19.1 Å². The Morgan fingerprint density at radius 3 is 2.81 bits per heavy atom. The molecule has 1 aromatic carbocycles. The van der Waals surface area contributed by atoms with E-state index in [0.29, 0.717) is 28.8 Å². The minimum Gasteiger partial charge on any atom is -0.465 e. The van der Waals surface area contributed by atoms with E-state index in [4.69, 9.17) is 27.9 Å². The van der Waals surface area contributed by atoms with Gasteiger partial charge in [-0.1, -0.05) is 37.0 Å². The fourth-order valence-electron chi connectivity index (χ4n) is 2.60. The number of anilines is 1. The maximum absolute atomic E-state index is 12.6. The Morgan fingerprint density at radius 1 is 1.37 bits per heavy atom. The van der Waals surface area contributed by atoms with Crippen LogP contribution in [0.25, 0.3) is 0 Å². The molecule has 2 rings (SSSR count). The van der Waals surface area contributed by atoms with Gasteiger partial charge in [0, 0.05) is 18.1 Å². The van der Waals surface area contributed by atoms with Crippen LogP contribution >= 0.6 is 23.2 Å². The smallest absolute Gasteiger partial charge is 0.308 e. The standard InChI is InChI=1S/C18H23Cl2N3O4/c1-11(2)10-27-17(25)8-15-18(26)21-5-6-23(15)16(24)9-22-14-7-12(19)3-4-13(14)20/h3-4,7,11,15,22H,5-6,8-10H2,1-2H3,(H,21,26). The van der Waals surface area contributed by atoms with Crippen molar-refractivity contribution in [1.82, 2.24) is 10.2 Å². The summed E-state index contributed by atoms with van der Waals surface area (Å²) in [5, 5.41) is 6.51. The number of piperazine rings is 1. The van der Waals surface area contributed by atoms with Gasteiger partial charge in [-0.3, -0.25) is 14.4 Å². The first-order valence-corrected chi connectivity index (χ1v) is 9.45. The van der Waals surface area contributed by atoms with Crippen LogP contribution in [0, 0.1) is 5.92 Å². The van der Waals surface area contributed by atoms with E-state index in [1.165, 1.54) is 4.90 Å². The fraction of sp³-hybridized carbons (Fsp3) is 0.500. The predicted molar refractivity (Wildman–Crippen MR) is 104 cm³/mol. The lowest BCUT2D eigenvalue weighted by molar-refractivity contribution is -0.152. The van der Waals surface area contributed by atoms with E-state index < -0.39 is 12.0 Å². The topological polar surface area (TPSA) is 87.7 Å². The van der Waals surface area contributed by atoms with Gasteiger partial charge < -0.3 is 20.3 Å². The number of nitrogens with zero attached hydrogens (tertiary/aromatic N) is 1. The molecule has 27 heavy (non-hydrogen) atoms. The molecule has 1 aliphatic heterocycles. The van der Waals surface area contributed by atoms with Crippen LogP contribution in [0.3, 0.4) is 0 Å². The second kappa shape index (κ2) is 9.80. The summed E-state index contributed by atoms with van der Waals surface area (Å²) in [6.45, 7) is 4.69. The Hall–Kier alpha value is -1.99. The van der Waals surface area contributed by atoms with Gasteiger partial charge in [0.25, 0.3) is 0 Å². The Kier molecular flexibility index (Phi) is 7.74. The summed E-state index contributed by atoms with van der Waals surface area (Å²) in [5.74, 6) is -0.993. The molecule has 1 fully saturated rings. The van der Waals surface area contributed by atoms with Crippen molar-refractivity contribution >= 4 is 46.7 Å². The number of benzene rings is 1. The molecule has 0 saturated carbocycles. The Bertz CT molecular complexity index is 712. The number of halogens is 2. The van der Waals surface area contributed by atoms with Crippen LogP contribution < -0.4 is 10.6 Å². The zero-order valence-electron chi connectivity index (χ0n) is 15.3. The summed E-state index contributed by atoms with van der Waals surface area (Å²) < 4.78 is 5.14. The number of rotatable bonds is 7. The lowest BCUT2D eigenvalue weighted by Gasteiger charge is -2.34. The van der Waals surface area contributed by atoms with Crippen LogP contribution in [0.4, 0.5) is 5.69 Å². The zero-order valence-corrected chi connectivity index (χ0v) is 16.8. The van der Waals surface area contributed by atoms with Crippen molar-refractivity contribution in [2.24, 2.45) is 5.92 Å². The van der Waals surface area contributed by atoms with Crippen LogP contribution in [0.1, 0.15) is 20.3 Å². The monoisotopic (exact) mass is 415 g/mol. The molecular weight excluding hydrogens is 393 g/mol. The highest BCUT2D eigenvalue weighted by atomic mass is 35.5. The van der Waals surface area contributed by atoms with Crippen LogP contribution in [0.2, 0.25) is 10.0 Å². The normalized spacial score (nSPS) is 16.9. The molecule has 148 valence electrons. The van der Waals surface area contributed by atoms with Crippen molar-refractivity contribution in [2.75, 3.05) is 31.6 Å².